The van der Waals surface area contributed by atoms with Crippen molar-refractivity contribution >= 4 is 5.69 Å². The second kappa shape index (κ2) is 6.20. The van der Waals surface area contributed by atoms with Gasteiger partial charge in [-0.25, -0.2) is 0 Å². The van der Waals surface area contributed by atoms with E-state index in [1.165, 1.54) is 16.8 Å². The smallest absolute Gasteiger partial charge is 0.124 e. The summed E-state index contributed by atoms with van der Waals surface area (Å²) in [7, 11) is 4.12. The first-order valence-corrected chi connectivity index (χ1v) is 8.08. The Bertz CT molecular complexity index is 682. The Labute approximate surface area is 138 Å². The first kappa shape index (κ1) is 15.8. The molecule has 3 rings (SSSR count). The molecule has 0 fully saturated rings. The molecule has 1 atom stereocenters. The van der Waals surface area contributed by atoms with Crippen molar-refractivity contribution in [3.8, 4) is 5.75 Å². The van der Waals surface area contributed by atoms with Crippen LogP contribution in [0.4, 0.5) is 5.69 Å². The Morgan fingerprint density at radius 2 is 2.04 bits per heavy atom. The topological polar surface area (TPSA) is 37.4 Å². The SMILES string of the molecule is CN(C)c1ccncc1CNC1CC(C)(C)Oc2ccccc21. The van der Waals surface area contributed by atoms with Crippen LogP contribution in [0.5, 0.6) is 5.75 Å². The number of rotatable bonds is 4. The number of nitrogens with zero attached hydrogens (tertiary/aromatic N) is 2. The molecule has 1 aliphatic heterocycles. The monoisotopic (exact) mass is 311 g/mol. The maximum atomic E-state index is 6.10. The van der Waals surface area contributed by atoms with E-state index in [4.69, 9.17) is 4.74 Å². The van der Waals surface area contributed by atoms with Crippen molar-refractivity contribution in [2.24, 2.45) is 0 Å². The third-order valence-electron chi connectivity index (χ3n) is 4.27. The fraction of sp³-hybridized carbons (Fsp3) is 0.421. The maximum Gasteiger partial charge on any atom is 0.124 e. The number of anilines is 1. The molecule has 1 N–H and O–H groups in total. The number of hydrogen-bond acceptors (Lipinski definition) is 4. The molecule has 23 heavy (non-hydrogen) atoms. The molecule has 1 unspecified atom stereocenters. The molecular formula is C19H25N3O. The van der Waals surface area contributed by atoms with Gasteiger partial charge in [0.2, 0.25) is 0 Å². The molecule has 4 heteroatoms. The molecule has 0 saturated heterocycles. The van der Waals surface area contributed by atoms with Crippen LogP contribution in [-0.4, -0.2) is 24.7 Å². The second-order valence-electron chi connectivity index (χ2n) is 6.94. The van der Waals surface area contributed by atoms with Gasteiger partial charge in [0, 0.05) is 62.3 Å². The van der Waals surface area contributed by atoms with Gasteiger partial charge < -0.3 is 15.0 Å². The minimum atomic E-state index is -0.161. The van der Waals surface area contributed by atoms with Gasteiger partial charge in [-0.2, -0.15) is 0 Å². The zero-order valence-electron chi connectivity index (χ0n) is 14.3. The summed E-state index contributed by atoms with van der Waals surface area (Å²) in [6.07, 6.45) is 4.73. The van der Waals surface area contributed by atoms with E-state index in [1.54, 1.807) is 0 Å². The summed E-state index contributed by atoms with van der Waals surface area (Å²) in [5.74, 6) is 0.986. The number of para-hydroxylation sites is 1. The molecular weight excluding hydrogens is 286 g/mol. The predicted octanol–water partition coefficient (Wildman–Crippen LogP) is 3.54. The number of aromatic nitrogens is 1. The highest BCUT2D eigenvalue weighted by Crippen LogP contribution is 2.39. The van der Waals surface area contributed by atoms with Crippen LogP contribution in [0.25, 0.3) is 0 Å². The second-order valence-corrected chi connectivity index (χ2v) is 6.94. The zero-order valence-corrected chi connectivity index (χ0v) is 14.3. The number of nitrogens with one attached hydrogen (secondary N) is 1. The highest BCUT2D eigenvalue weighted by Gasteiger charge is 2.33. The molecule has 2 heterocycles. The molecule has 122 valence electrons. The Hall–Kier alpha value is -2.07. The van der Waals surface area contributed by atoms with Gasteiger partial charge in [0.15, 0.2) is 0 Å². The fourth-order valence-corrected chi connectivity index (χ4v) is 3.21. The maximum absolute atomic E-state index is 6.10. The van der Waals surface area contributed by atoms with Crippen molar-refractivity contribution in [3.05, 3.63) is 53.9 Å². The van der Waals surface area contributed by atoms with Crippen molar-refractivity contribution in [2.45, 2.75) is 38.5 Å². The van der Waals surface area contributed by atoms with Crippen LogP contribution in [0, 0.1) is 0 Å². The lowest BCUT2D eigenvalue weighted by Crippen LogP contribution is -2.39. The molecule has 1 aliphatic rings. The number of pyridine rings is 1. The largest absolute Gasteiger partial charge is 0.487 e. The van der Waals surface area contributed by atoms with Crippen molar-refractivity contribution in [2.75, 3.05) is 19.0 Å². The van der Waals surface area contributed by atoms with Gasteiger partial charge in [-0.05, 0) is 26.0 Å². The number of ether oxygens (including phenoxy) is 1. The van der Waals surface area contributed by atoms with E-state index in [2.05, 4.69) is 67.4 Å². The molecule has 0 radical (unpaired) electrons. The van der Waals surface area contributed by atoms with Crippen LogP contribution in [0.15, 0.2) is 42.7 Å². The third kappa shape index (κ3) is 3.48. The fourth-order valence-electron chi connectivity index (χ4n) is 3.21. The summed E-state index contributed by atoms with van der Waals surface area (Å²) >= 11 is 0. The first-order chi connectivity index (χ1) is 11.0. The van der Waals surface area contributed by atoms with E-state index < -0.39 is 0 Å². The normalized spacial score (nSPS) is 18.9. The van der Waals surface area contributed by atoms with Crippen LogP contribution in [-0.2, 0) is 6.54 Å². The van der Waals surface area contributed by atoms with E-state index in [1.807, 2.05) is 18.5 Å². The van der Waals surface area contributed by atoms with Crippen LogP contribution < -0.4 is 15.0 Å². The Kier molecular flexibility index (Phi) is 4.26. The Morgan fingerprint density at radius 3 is 2.83 bits per heavy atom. The van der Waals surface area contributed by atoms with Crippen LogP contribution in [0.1, 0.15) is 37.4 Å². The molecule has 0 saturated carbocycles. The molecule has 0 amide bonds. The Morgan fingerprint density at radius 1 is 1.26 bits per heavy atom. The highest BCUT2D eigenvalue weighted by atomic mass is 16.5. The van der Waals surface area contributed by atoms with Crippen LogP contribution >= 0.6 is 0 Å². The Balaban J connectivity index is 1.81. The van der Waals surface area contributed by atoms with Crippen molar-refractivity contribution in [3.63, 3.8) is 0 Å². The number of fused-ring (bicyclic) bond motifs is 1. The summed E-state index contributed by atoms with van der Waals surface area (Å²) in [5, 5.41) is 3.70. The molecule has 4 nitrogen and oxygen atoms in total. The summed E-state index contributed by atoms with van der Waals surface area (Å²) < 4.78 is 6.10. The third-order valence-corrected chi connectivity index (χ3v) is 4.27. The highest BCUT2D eigenvalue weighted by molar-refractivity contribution is 5.51. The van der Waals surface area contributed by atoms with Gasteiger partial charge in [0.1, 0.15) is 11.4 Å². The minimum absolute atomic E-state index is 0.161. The van der Waals surface area contributed by atoms with Crippen molar-refractivity contribution in [1.82, 2.24) is 10.3 Å². The molecule has 1 aromatic carbocycles. The van der Waals surface area contributed by atoms with E-state index in [-0.39, 0.29) is 11.6 Å². The van der Waals surface area contributed by atoms with E-state index >= 15 is 0 Å². The van der Waals surface area contributed by atoms with Crippen LogP contribution in [0.2, 0.25) is 0 Å². The van der Waals surface area contributed by atoms with Gasteiger partial charge in [-0.15, -0.1) is 0 Å². The summed E-state index contributed by atoms with van der Waals surface area (Å²) in [6, 6.07) is 10.6. The molecule has 0 spiro atoms. The number of hydrogen-bond donors (Lipinski definition) is 1. The van der Waals surface area contributed by atoms with E-state index in [0.29, 0.717) is 0 Å². The quantitative estimate of drug-likeness (QED) is 0.937. The minimum Gasteiger partial charge on any atom is -0.487 e. The van der Waals surface area contributed by atoms with Gasteiger partial charge in [-0.1, -0.05) is 18.2 Å². The lowest BCUT2D eigenvalue weighted by molar-refractivity contribution is 0.0657. The lowest BCUT2D eigenvalue weighted by atomic mass is 9.89. The van der Waals surface area contributed by atoms with Gasteiger partial charge >= 0.3 is 0 Å². The average molecular weight is 311 g/mol. The molecule has 0 aliphatic carbocycles. The lowest BCUT2D eigenvalue weighted by Gasteiger charge is -2.38. The van der Waals surface area contributed by atoms with Crippen molar-refractivity contribution < 1.29 is 4.74 Å². The molecule has 1 aromatic heterocycles. The molecule has 2 aromatic rings. The summed E-state index contributed by atoms with van der Waals surface area (Å²) in [4.78, 5) is 6.40. The van der Waals surface area contributed by atoms with E-state index in [9.17, 15) is 0 Å². The van der Waals surface area contributed by atoms with Gasteiger partial charge in [0.05, 0.1) is 0 Å². The van der Waals surface area contributed by atoms with Crippen molar-refractivity contribution in [1.29, 1.82) is 0 Å². The zero-order chi connectivity index (χ0) is 16.4. The average Bonchev–Trinajstić information content (AvgIpc) is 2.51. The summed E-state index contributed by atoms with van der Waals surface area (Å²) in [5.41, 5.74) is 3.49. The number of benzene rings is 1. The predicted molar refractivity (Wildman–Crippen MR) is 93.9 cm³/mol. The van der Waals surface area contributed by atoms with Gasteiger partial charge in [-0.3, -0.25) is 4.98 Å². The van der Waals surface area contributed by atoms with Gasteiger partial charge in [0.25, 0.3) is 0 Å². The van der Waals surface area contributed by atoms with E-state index in [0.717, 1.165) is 18.7 Å². The van der Waals surface area contributed by atoms with Crippen LogP contribution in [0.3, 0.4) is 0 Å². The summed E-state index contributed by atoms with van der Waals surface area (Å²) in [6.45, 7) is 5.08. The first-order valence-electron chi connectivity index (χ1n) is 8.08. The molecule has 0 bridgehead atoms. The standard InChI is InChI=1S/C19H25N3O/c1-19(2)11-16(15-7-5-6-8-18(15)23-19)21-13-14-12-20-10-9-17(14)22(3)4/h5-10,12,16,21H,11,13H2,1-4H3.